The Morgan fingerprint density at radius 2 is 1.93 bits per heavy atom. The van der Waals surface area contributed by atoms with Crippen molar-refractivity contribution in [2.24, 2.45) is 11.7 Å². The van der Waals surface area contributed by atoms with E-state index in [4.69, 9.17) is 5.73 Å². The van der Waals surface area contributed by atoms with Gasteiger partial charge in [-0.3, -0.25) is 4.79 Å². The molecule has 84 valence electrons. The van der Waals surface area contributed by atoms with Gasteiger partial charge in [0.2, 0.25) is 5.91 Å². The maximum atomic E-state index is 11.7. The molecule has 0 aromatic rings. The summed E-state index contributed by atoms with van der Waals surface area (Å²) in [6.45, 7) is 10.1. The molecule has 0 aliphatic rings. The number of amides is 1. The van der Waals surface area contributed by atoms with E-state index in [9.17, 15) is 4.79 Å². The van der Waals surface area contributed by atoms with Crippen molar-refractivity contribution in [1.82, 2.24) is 5.32 Å². The Labute approximate surface area is 87.4 Å². The summed E-state index contributed by atoms with van der Waals surface area (Å²) in [6, 6.07) is -0.383. The van der Waals surface area contributed by atoms with Gasteiger partial charge in [0.05, 0.1) is 6.04 Å². The monoisotopic (exact) mass is 200 g/mol. The highest BCUT2D eigenvalue weighted by molar-refractivity contribution is 5.82. The van der Waals surface area contributed by atoms with Crippen LogP contribution in [0.15, 0.2) is 0 Å². The largest absolute Gasteiger partial charge is 0.350 e. The maximum absolute atomic E-state index is 11.7. The van der Waals surface area contributed by atoms with E-state index >= 15 is 0 Å². The summed E-state index contributed by atoms with van der Waals surface area (Å²) in [5.74, 6) is 0.203. The fourth-order valence-corrected chi connectivity index (χ4v) is 1.02. The SMILES string of the molecule is CCC(C)[C@H](N)C(=O)NC(C)(C)CC. The van der Waals surface area contributed by atoms with Crippen molar-refractivity contribution in [2.75, 3.05) is 0 Å². The average Bonchev–Trinajstić information content (AvgIpc) is 2.14. The molecule has 0 rings (SSSR count). The lowest BCUT2D eigenvalue weighted by molar-refractivity contribution is -0.125. The Kier molecular flexibility index (Phi) is 5.13. The highest BCUT2D eigenvalue weighted by Gasteiger charge is 2.24. The molecule has 3 heteroatoms. The van der Waals surface area contributed by atoms with E-state index < -0.39 is 0 Å². The smallest absolute Gasteiger partial charge is 0.237 e. The van der Waals surface area contributed by atoms with E-state index in [2.05, 4.69) is 12.2 Å². The first kappa shape index (κ1) is 13.4. The van der Waals surface area contributed by atoms with Crippen molar-refractivity contribution in [3.63, 3.8) is 0 Å². The third-order valence-corrected chi connectivity index (χ3v) is 2.91. The molecule has 3 N–H and O–H groups in total. The minimum absolute atomic E-state index is 0.0359. The second-order valence-corrected chi connectivity index (χ2v) is 4.64. The summed E-state index contributed by atoms with van der Waals surface area (Å²) < 4.78 is 0. The van der Waals surface area contributed by atoms with Crippen LogP contribution in [0.1, 0.15) is 47.5 Å². The van der Waals surface area contributed by atoms with Gasteiger partial charge in [-0.15, -0.1) is 0 Å². The lowest BCUT2D eigenvalue weighted by Crippen LogP contribution is -2.52. The fraction of sp³-hybridized carbons (Fsp3) is 0.909. The molecule has 0 bridgehead atoms. The molecule has 0 aromatic heterocycles. The first-order chi connectivity index (χ1) is 6.34. The van der Waals surface area contributed by atoms with Gasteiger partial charge in [0, 0.05) is 5.54 Å². The Morgan fingerprint density at radius 3 is 2.29 bits per heavy atom. The number of nitrogens with one attached hydrogen (secondary N) is 1. The predicted octanol–water partition coefficient (Wildman–Crippen LogP) is 1.66. The van der Waals surface area contributed by atoms with E-state index in [0.717, 1.165) is 12.8 Å². The van der Waals surface area contributed by atoms with Crippen LogP contribution in [0, 0.1) is 5.92 Å². The molecule has 0 saturated heterocycles. The summed E-state index contributed by atoms with van der Waals surface area (Å²) >= 11 is 0. The maximum Gasteiger partial charge on any atom is 0.237 e. The average molecular weight is 200 g/mol. The third-order valence-electron chi connectivity index (χ3n) is 2.91. The molecule has 0 aliphatic carbocycles. The minimum atomic E-state index is -0.383. The third kappa shape index (κ3) is 4.09. The fourth-order valence-electron chi connectivity index (χ4n) is 1.02. The van der Waals surface area contributed by atoms with Crippen LogP contribution in [-0.2, 0) is 4.79 Å². The van der Waals surface area contributed by atoms with Gasteiger partial charge in [-0.1, -0.05) is 27.2 Å². The van der Waals surface area contributed by atoms with E-state index in [1.165, 1.54) is 0 Å². The molecule has 1 amide bonds. The highest BCUT2D eigenvalue weighted by Crippen LogP contribution is 2.10. The molecule has 1 unspecified atom stereocenters. The first-order valence-corrected chi connectivity index (χ1v) is 5.41. The first-order valence-electron chi connectivity index (χ1n) is 5.41. The Balaban J connectivity index is 4.21. The standard InChI is InChI=1S/C11H24N2O/c1-6-8(3)9(12)10(14)13-11(4,5)7-2/h8-9H,6-7,12H2,1-5H3,(H,13,14)/t8?,9-/m0/s1. The molecular formula is C11H24N2O. The second kappa shape index (κ2) is 5.35. The molecule has 2 atom stereocenters. The lowest BCUT2D eigenvalue weighted by atomic mass is 9.96. The molecule has 3 nitrogen and oxygen atoms in total. The van der Waals surface area contributed by atoms with Crippen molar-refractivity contribution >= 4 is 5.91 Å². The van der Waals surface area contributed by atoms with Gasteiger partial charge in [0.25, 0.3) is 0 Å². The van der Waals surface area contributed by atoms with Crippen LogP contribution in [-0.4, -0.2) is 17.5 Å². The van der Waals surface area contributed by atoms with E-state index in [1.54, 1.807) is 0 Å². The van der Waals surface area contributed by atoms with Crippen molar-refractivity contribution in [3.05, 3.63) is 0 Å². The normalized spacial score (nSPS) is 16.1. The molecular weight excluding hydrogens is 176 g/mol. The molecule has 0 spiro atoms. The number of carbonyl (C=O) groups is 1. The molecule has 0 aliphatic heterocycles. The number of nitrogens with two attached hydrogens (primary N) is 1. The van der Waals surface area contributed by atoms with Crippen molar-refractivity contribution in [3.8, 4) is 0 Å². The van der Waals surface area contributed by atoms with Crippen molar-refractivity contribution < 1.29 is 4.79 Å². The minimum Gasteiger partial charge on any atom is -0.350 e. The van der Waals surface area contributed by atoms with Crippen LogP contribution in [0.3, 0.4) is 0 Å². The molecule has 14 heavy (non-hydrogen) atoms. The second-order valence-electron chi connectivity index (χ2n) is 4.64. The van der Waals surface area contributed by atoms with Gasteiger partial charge in [0.1, 0.15) is 0 Å². The quantitative estimate of drug-likeness (QED) is 0.709. The van der Waals surface area contributed by atoms with E-state index in [1.807, 2.05) is 27.7 Å². The summed E-state index contributed by atoms with van der Waals surface area (Å²) in [7, 11) is 0. The Bertz CT molecular complexity index is 190. The number of hydrogen-bond donors (Lipinski definition) is 2. The zero-order chi connectivity index (χ0) is 11.4. The van der Waals surface area contributed by atoms with Crippen LogP contribution < -0.4 is 11.1 Å². The van der Waals surface area contributed by atoms with Gasteiger partial charge in [-0.25, -0.2) is 0 Å². The summed E-state index contributed by atoms with van der Waals surface area (Å²) in [5.41, 5.74) is 5.67. The number of hydrogen-bond acceptors (Lipinski definition) is 2. The summed E-state index contributed by atoms with van der Waals surface area (Å²) in [5, 5.41) is 2.96. The zero-order valence-electron chi connectivity index (χ0n) is 10.1. The van der Waals surface area contributed by atoms with Crippen LogP contribution in [0.5, 0.6) is 0 Å². The molecule has 0 aromatic carbocycles. The van der Waals surface area contributed by atoms with Crippen LogP contribution in [0.25, 0.3) is 0 Å². The Hall–Kier alpha value is -0.570. The van der Waals surface area contributed by atoms with Crippen LogP contribution >= 0.6 is 0 Å². The van der Waals surface area contributed by atoms with Crippen molar-refractivity contribution in [2.45, 2.75) is 59.0 Å². The zero-order valence-corrected chi connectivity index (χ0v) is 10.1. The van der Waals surface area contributed by atoms with Gasteiger partial charge >= 0.3 is 0 Å². The highest BCUT2D eigenvalue weighted by atomic mass is 16.2. The van der Waals surface area contributed by atoms with Gasteiger partial charge < -0.3 is 11.1 Å². The van der Waals surface area contributed by atoms with E-state index in [-0.39, 0.29) is 23.4 Å². The molecule has 0 radical (unpaired) electrons. The van der Waals surface area contributed by atoms with Crippen molar-refractivity contribution in [1.29, 1.82) is 0 Å². The number of carbonyl (C=O) groups excluding carboxylic acids is 1. The van der Waals surface area contributed by atoms with E-state index in [0.29, 0.717) is 0 Å². The van der Waals surface area contributed by atoms with Gasteiger partial charge in [-0.2, -0.15) is 0 Å². The molecule has 0 saturated carbocycles. The molecule has 0 fully saturated rings. The predicted molar refractivity (Wildman–Crippen MR) is 59.9 cm³/mol. The van der Waals surface area contributed by atoms with Gasteiger partial charge in [-0.05, 0) is 26.2 Å². The van der Waals surface area contributed by atoms with Crippen LogP contribution in [0.4, 0.5) is 0 Å². The summed E-state index contributed by atoms with van der Waals surface area (Å²) in [6.07, 6.45) is 1.84. The Morgan fingerprint density at radius 1 is 1.43 bits per heavy atom. The number of rotatable bonds is 5. The van der Waals surface area contributed by atoms with Gasteiger partial charge in [0.15, 0.2) is 0 Å². The lowest BCUT2D eigenvalue weighted by Gasteiger charge is -2.28. The summed E-state index contributed by atoms with van der Waals surface area (Å²) in [4.78, 5) is 11.7. The van der Waals surface area contributed by atoms with Crippen LogP contribution in [0.2, 0.25) is 0 Å². The molecule has 0 heterocycles. The topological polar surface area (TPSA) is 55.1 Å².